The first-order valence-electron chi connectivity index (χ1n) is 11.7. The number of hydrogen-bond acceptors (Lipinski definition) is 5. The molecule has 7 nitrogen and oxygen atoms in total. The third kappa shape index (κ3) is 5.30. The van der Waals surface area contributed by atoms with E-state index in [1.807, 2.05) is 68.4 Å². The zero-order chi connectivity index (χ0) is 25.7. The number of aromatic nitrogens is 2. The fraction of sp³-hybridized carbons (Fsp3) is 0.207. The summed E-state index contributed by atoms with van der Waals surface area (Å²) in [6.45, 7) is 4.38. The highest BCUT2D eigenvalue weighted by molar-refractivity contribution is 6.10. The fourth-order valence-electron chi connectivity index (χ4n) is 3.96. The van der Waals surface area contributed by atoms with Crippen LogP contribution in [0.5, 0.6) is 11.5 Å². The molecular formula is C29H29N3O4. The summed E-state index contributed by atoms with van der Waals surface area (Å²) in [6.07, 6.45) is 0. The smallest absolute Gasteiger partial charge is 0.280 e. The summed E-state index contributed by atoms with van der Waals surface area (Å²) in [5, 5.41) is 7.64. The number of nitrogens with one attached hydrogen (secondary N) is 1. The Morgan fingerprint density at radius 2 is 1.42 bits per heavy atom. The molecule has 36 heavy (non-hydrogen) atoms. The monoisotopic (exact) mass is 483 g/mol. The lowest BCUT2D eigenvalue weighted by Gasteiger charge is -2.18. The summed E-state index contributed by atoms with van der Waals surface area (Å²) in [4.78, 5) is 27.4. The van der Waals surface area contributed by atoms with Crippen molar-refractivity contribution in [2.75, 3.05) is 19.5 Å². The SMILES string of the molecule is COc1ccc(-c2nn(CC(C)C)c(=O)c(C(=O)Nc3ccccc3)c2-c2ccc(OC)cc2)cc1. The standard InChI is InChI=1S/C29H29N3O4/c1-19(2)18-32-29(34)26(28(33)30-22-8-6-5-7-9-22)25(20-10-14-23(35-3)15-11-20)27(31-32)21-12-16-24(36-4)17-13-21/h5-17,19H,18H2,1-4H3,(H,30,33). The minimum atomic E-state index is -0.494. The van der Waals surface area contributed by atoms with Crippen molar-refractivity contribution < 1.29 is 14.3 Å². The Morgan fingerprint density at radius 1 is 0.861 bits per heavy atom. The average molecular weight is 484 g/mol. The lowest BCUT2D eigenvalue weighted by Crippen LogP contribution is -2.33. The van der Waals surface area contributed by atoms with E-state index in [-0.39, 0.29) is 11.5 Å². The number of carbonyl (C=O) groups excluding carboxylic acids is 1. The molecule has 1 heterocycles. The van der Waals surface area contributed by atoms with Gasteiger partial charge in [-0.3, -0.25) is 9.59 Å². The molecule has 0 bridgehead atoms. The van der Waals surface area contributed by atoms with Crippen molar-refractivity contribution in [3.8, 4) is 33.9 Å². The highest BCUT2D eigenvalue weighted by Crippen LogP contribution is 2.34. The van der Waals surface area contributed by atoms with Crippen molar-refractivity contribution in [1.82, 2.24) is 9.78 Å². The Bertz CT molecular complexity index is 1390. The number of amides is 1. The van der Waals surface area contributed by atoms with Gasteiger partial charge in [-0.15, -0.1) is 0 Å². The first-order chi connectivity index (χ1) is 17.4. The molecule has 1 amide bonds. The Morgan fingerprint density at radius 3 is 1.94 bits per heavy atom. The molecule has 3 aromatic carbocycles. The molecule has 0 aliphatic rings. The van der Waals surface area contributed by atoms with Crippen molar-refractivity contribution in [2.24, 2.45) is 5.92 Å². The first-order valence-corrected chi connectivity index (χ1v) is 11.7. The second kappa shape index (κ2) is 10.9. The van der Waals surface area contributed by atoms with E-state index in [2.05, 4.69) is 5.32 Å². The van der Waals surface area contributed by atoms with E-state index >= 15 is 0 Å². The second-order valence-corrected chi connectivity index (χ2v) is 8.76. The van der Waals surface area contributed by atoms with E-state index in [0.29, 0.717) is 40.6 Å². The van der Waals surface area contributed by atoms with Crippen LogP contribution in [0.4, 0.5) is 5.69 Å². The van der Waals surface area contributed by atoms with Crippen LogP contribution in [-0.4, -0.2) is 29.9 Å². The van der Waals surface area contributed by atoms with Crippen LogP contribution in [0.25, 0.3) is 22.4 Å². The minimum Gasteiger partial charge on any atom is -0.497 e. The normalized spacial score (nSPS) is 10.8. The zero-order valence-electron chi connectivity index (χ0n) is 20.8. The van der Waals surface area contributed by atoms with Gasteiger partial charge < -0.3 is 14.8 Å². The van der Waals surface area contributed by atoms with Gasteiger partial charge in [0.25, 0.3) is 11.5 Å². The molecule has 0 radical (unpaired) electrons. The molecule has 0 unspecified atom stereocenters. The van der Waals surface area contributed by atoms with Crippen molar-refractivity contribution in [1.29, 1.82) is 0 Å². The minimum absolute atomic E-state index is 0.0329. The number of carbonyl (C=O) groups is 1. The maximum Gasteiger partial charge on any atom is 0.280 e. The van der Waals surface area contributed by atoms with Crippen molar-refractivity contribution in [3.05, 3.63) is 94.8 Å². The van der Waals surface area contributed by atoms with Gasteiger partial charge >= 0.3 is 0 Å². The molecule has 184 valence electrons. The van der Waals surface area contributed by atoms with Crippen LogP contribution in [0.2, 0.25) is 0 Å². The van der Waals surface area contributed by atoms with Gasteiger partial charge in [0.2, 0.25) is 0 Å². The topological polar surface area (TPSA) is 82.5 Å². The van der Waals surface area contributed by atoms with E-state index in [9.17, 15) is 9.59 Å². The second-order valence-electron chi connectivity index (χ2n) is 8.76. The van der Waals surface area contributed by atoms with E-state index in [4.69, 9.17) is 14.6 Å². The average Bonchev–Trinajstić information content (AvgIpc) is 2.90. The van der Waals surface area contributed by atoms with E-state index in [1.54, 1.807) is 38.5 Å². The van der Waals surface area contributed by atoms with Crippen molar-refractivity contribution in [3.63, 3.8) is 0 Å². The lowest BCUT2D eigenvalue weighted by atomic mass is 9.94. The summed E-state index contributed by atoms with van der Waals surface area (Å²) in [5.41, 5.74) is 2.61. The number of nitrogens with zero attached hydrogens (tertiary/aromatic N) is 2. The number of methoxy groups -OCH3 is 2. The molecule has 0 aliphatic carbocycles. The van der Waals surface area contributed by atoms with Gasteiger partial charge in [-0.25, -0.2) is 4.68 Å². The van der Waals surface area contributed by atoms with Gasteiger partial charge in [-0.05, 0) is 60.0 Å². The molecule has 1 aromatic heterocycles. The Kier molecular flexibility index (Phi) is 7.49. The molecule has 0 saturated carbocycles. The molecule has 0 aliphatic heterocycles. The largest absolute Gasteiger partial charge is 0.497 e. The third-order valence-electron chi connectivity index (χ3n) is 5.69. The van der Waals surface area contributed by atoms with Crippen molar-refractivity contribution >= 4 is 11.6 Å². The number of hydrogen-bond donors (Lipinski definition) is 1. The van der Waals surface area contributed by atoms with Crippen LogP contribution in [0.1, 0.15) is 24.2 Å². The number of rotatable bonds is 8. The third-order valence-corrected chi connectivity index (χ3v) is 5.69. The van der Waals surface area contributed by atoms with Crippen LogP contribution in [0.15, 0.2) is 83.7 Å². The lowest BCUT2D eigenvalue weighted by molar-refractivity contribution is 0.102. The Balaban J connectivity index is 2.00. The van der Waals surface area contributed by atoms with E-state index in [0.717, 1.165) is 5.56 Å². The highest BCUT2D eigenvalue weighted by atomic mass is 16.5. The summed E-state index contributed by atoms with van der Waals surface area (Å²) in [7, 11) is 3.19. The maximum absolute atomic E-state index is 13.7. The highest BCUT2D eigenvalue weighted by Gasteiger charge is 2.26. The number of benzene rings is 3. The molecule has 4 aromatic rings. The van der Waals surface area contributed by atoms with E-state index in [1.165, 1.54) is 4.68 Å². The van der Waals surface area contributed by atoms with Crippen LogP contribution >= 0.6 is 0 Å². The van der Waals surface area contributed by atoms with Crippen LogP contribution in [-0.2, 0) is 6.54 Å². The van der Waals surface area contributed by atoms with Gasteiger partial charge in [0.1, 0.15) is 17.1 Å². The predicted molar refractivity (Wildman–Crippen MR) is 142 cm³/mol. The molecule has 0 atom stereocenters. The summed E-state index contributed by atoms with van der Waals surface area (Å²) >= 11 is 0. The summed E-state index contributed by atoms with van der Waals surface area (Å²) in [6, 6.07) is 23.7. The number of ether oxygens (including phenoxy) is 2. The van der Waals surface area contributed by atoms with Gasteiger partial charge in [0.05, 0.1) is 19.9 Å². The molecule has 4 rings (SSSR count). The fourth-order valence-corrected chi connectivity index (χ4v) is 3.96. The quantitative estimate of drug-likeness (QED) is 0.358. The summed E-state index contributed by atoms with van der Waals surface area (Å²) in [5.74, 6) is 1.02. The van der Waals surface area contributed by atoms with Gasteiger partial charge in [0, 0.05) is 23.4 Å². The number of para-hydroxylation sites is 1. The van der Waals surface area contributed by atoms with Crippen molar-refractivity contribution in [2.45, 2.75) is 20.4 Å². The Hall–Kier alpha value is -4.39. The van der Waals surface area contributed by atoms with Crippen LogP contribution in [0, 0.1) is 5.92 Å². The van der Waals surface area contributed by atoms with Gasteiger partial charge in [-0.1, -0.05) is 44.2 Å². The Labute approximate surface area is 210 Å². The predicted octanol–water partition coefficient (Wildman–Crippen LogP) is 5.50. The first kappa shape index (κ1) is 24.7. The zero-order valence-corrected chi connectivity index (χ0v) is 20.8. The molecule has 0 spiro atoms. The molecule has 0 saturated heterocycles. The number of anilines is 1. The van der Waals surface area contributed by atoms with Crippen LogP contribution in [0.3, 0.4) is 0 Å². The van der Waals surface area contributed by atoms with Gasteiger partial charge in [-0.2, -0.15) is 5.10 Å². The van der Waals surface area contributed by atoms with Gasteiger partial charge in [0.15, 0.2) is 0 Å². The molecule has 0 fully saturated rings. The maximum atomic E-state index is 13.7. The molecule has 7 heteroatoms. The molecular weight excluding hydrogens is 454 g/mol. The summed E-state index contributed by atoms with van der Waals surface area (Å²) < 4.78 is 12.0. The van der Waals surface area contributed by atoms with Crippen LogP contribution < -0.4 is 20.3 Å². The molecule has 1 N–H and O–H groups in total. The van der Waals surface area contributed by atoms with E-state index < -0.39 is 11.5 Å².